The van der Waals surface area contributed by atoms with E-state index in [-0.39, 0.29) is 0 Å². The first-order chi connectivity index (χ1) is 11.1. The molecule has 0 amide bonds. The molecule has 23 heavy (non-hydrogen) atoms. The number of hydrogen-bond donors (Lipinski definition) is 0. The van der Waals surface area contributed by atoms with E-state index >= 15 is 0 Å². The van der Waals surface area contributed by atoms with E-state index in [4.69, 9.17) is 0 Å². The molecular formula is C21H21B2. The van der Waals surface area contributed by atoms with Crippen LogP contribution in [0.3, 0.4) is 0 Å². The molecule has 2 heteroatoms. The van der Waals surface area contributed by atoms with Crippen molar-refractivity contribution in [3.8, 4) is 0 Å². The Morgan fingerprint density at radius 1 is 0.783 bits per heavy atom. The minimum atomic E-state index is 0.582. The molecule has 4 aromatic rings. The summed E-state index contributed by atoms with van der Waals surface area (Å²) < 4.78 is 0. The van der Waals surface area contributed by atoms with Crippen molar-refractivity contribution >= 4 is 57.2 Å². The zero-order chi connectivity index (χ0) is 16.1. The third-order valence-corrected chi connectivity index (χ3v) is 5.44. The molecule has 111 valence electrons. The largest absolute Gasteiger partial charge is 0.175 e. The van der Waals surface area contributed by atoms with Gasteiger partial charge in [-0.2, -0.15) is 0 Å². The van der Waals surface area contributed by atoms with E-state index < -0.39 is 0 Å². The highest BCUT2D eigenvalue weighted by atomic mass is 14.1. The van der Waals surface area contributed by atoms with Crippen LogP contribution in [0.1, 0.15) is 13.8 Å². The Hall–Kier alpha value is -1.95. The van der Waals surface area contributed by atoms with Crippen molar-refractivity contribution < 1.29 is 0 Å². The Morgan fingerprint density at radius 2 is 1.22 bits per heavy atom. The van der Waals surface area contributed by atoms with Gasteiger partial charge in [-0.1, -0.05) is 92.8 Å². The van der Waals surface area contributed by atoms with E-state index in [0.717, 1.165) is 0 Å². The predicted molar refractivity (Wildman–Crippen MR) is 108 cm³/mol. The second-order valence-corrected chi connectivity index (χ2v) is 7.14. The summed E-state index contributed by atoms with van der Waals surface area (Å²) in [5.74, 6) is 0.658. The maximum Gasteiger partial charge on any atom is 0.175 e. The quantitative estimate of drug-likeness (QED) is 0.379. The monoisotopic (exact) mass is 295 g/mol. The smallest absolute Gasteiger partial charge is 0.0872 e. The summed E-state index contributed by atoms with van der Waals surface area (Å²) in [4.78, 5) is 0. The Kier molecular flexibility index (Phi) is 3.37. The first kappa shape index (κ1) is 14.6. The molecule has 0 aliphatic rings. The summed E-state index contributed by atoms with van der Waals surface area (Å²) in [5.41, 5.74) is 2.75. The van der Waals surface area contributed by atoms with E-state index in [1.165, 1.54) is 43.2 Å². The highest BCUT2D eigenvalue weighted by molar-refractivity contribution is 6.73. The highest BCUT2D eigenvalue weighted by Gasteiger charge is 2.17. The molecule has 0 aliphatic heterocycles. The van der Waals surface area contributed by atoms with Gasteiger partial charge in [0.05, 0.1) is 0 Å². The van der Waals surface area contributed by atoms with Crippen LogP contribution in [0.4, 0.5) is 0 Å². The van der Waals surface area contributed by atoms with E-state index in [2.05, 4.69) is 83.3 Å². The van der Waals surface area contributed by atoms with Gasteiger partial charge in [0.25, 0.3) is 0 Å². The SMILES string of the molecule is C[B]c1cc2ccc3cc(B(C)C(C)C)cc4ccc(c1)c2c34. The van der Waals surface area contributed by atoms with Crippen LogP contribution in [-0.4, -0.2) is 14.0 Å². The summed E-state index contributed by atoms with van der Waals surface area (Å²) in [7, 11) is 2.18. The van der Waals surface area contributed by atoms with Crippen LogP contribution in [0, 0.1) is 0 Å². The lowest BCUT2D eigenvalue weighted by Crippen LogP contribution is -2.29. The first-order valence-corrected chi connectivity index (χ1v) is 8.60. The molecule has 0 nitrogen and oxygen atoms in total. The van der Waals surface area contributed by atoms with Gasteiger partial charge >= 0.3 is 0 Å². The molecule has 0 aromatic heterocycles. The lowest BCUT2D eigenvalue weighted by Gasteiger charge is -2.17. The highest BCUT2D eigenvalue weighted by Crippen LogP contribution is 2.33. The van der Waals surface area contributed by atoms with Gasteiger partial charge in [0.15, 0.2) is 6.71 Å². The fraction of sp³-hybridized carbons (Fsp3) is 0.238. The van der Waals surface area contributed by atoms with Gasteiger partial charge in [0.2, 0.25) is 0 Å². The molecule has 0 N–H and O–H groups in total. The van der Waals surface area contributed by atoms with Crippen molar-refractivity contribution in [2.45, 2.75) is 33.3 Å². The topological polar surface area (TPSA) is 0 Å². The van der Waals surface area contributed by atoms with Gasteiger partial charge < -0.3 is 0 Å². The van der Waals surface area contributed by atoms with Gasteiger partial charge in [-0.3, -0.25) is 0 Å². The second kappa shape index (κ2) is 5.30. The van der Waals surface area contributed by atoms with Gasteiger partial charge in [-0.25, -0.2) is 0 Å². The number of hydrogen-bond acceptors (Lipinski definition) is 0. The van der Waals surface area contributed by atoms with Gasteiger partial charge in [-0.15, -0.1) is 0 Å². The van der Waals surface area contributed by atoms with Crippen molar-refractivity contribution in [2.24, 2.45) is 0 Å². The molecule has 4 aromatic carbocycles. The number of rotatable bonds is 3. The Balaban J connectivity index is 2.09. The molecule has 0 bridgehead atoms. The summed E-state index contributed by atoms with van der Waals surface area (Å²) in [6, 6.07) is 18.5. The molecule has 0 fully saturated rings. The van der Waals surface area contributed by atoms with Crippen LogP contribution < -0.4 is 10.9 Å². The zero-order valence-corrected chi connectivity index (χ0v) is 14.4. The van der Waals surface area contributed by atoms with Crippen LogP contribution in [-0.2, 0) is 0 Å². The standard InChI is InChI=1S/C21H21B2/c1-13(2)23(4)19-11-16-7-5-14-9-18(22-3)10-15-6-8-17(12-19)21(16)20(14)15/h5-13H,1-4H3. The molecular weight excluding hydrogens is 274 g/mol. The summed E-state index contributed by atoms with van der Waals surface area (Å²) >= 11 is 0. The molecule has 0 heterocycles. The minimum Gasteiger partial charge on any atom is -0.0872 e. The van der Waals surface area contributed by atoms with E-state index in [1.54, 1.807) is 0 Å². The van der Waals surface area contributed by atoms with Crippen molar-refractivity contribution in [1.82, 2.24) is 0 Å². The molecule has 0 saturated heterocycles. The molecule has 0 spiro atoms. The maximum atomic E-state index is 2.39. The van der Waals surface area contributed by atoms with Gasteiger partial charge in [0, 0.05) is 0 Å². The minimum absolute atomic E-state index is 0.582. The van der Waals surface area contributed by atoms with Gasteiger partial charge in [0.1, 0.15) is 7.28 Å². The van der Waals surface area contributed by atoms with Crippen LogP contribution in [0.15, 0.2) is 48.5 Å². The maximum absolute atomic E-state index is 2.39. The summed E-state index contributed by atoms with van der Waals surface area (Å²) in [6.45, 7) is 9.63. The van der Waals surface area contributed by atoms with E-state index in [9.17, 15) is 0 Å². The van der Waals surface area contributed by atoms with Crippen molar-refractivity contribution in [1.29, 1.82) is 0 Å². The molecule has 4 rings (SSSR count). The van der Waals surface area contributed by atoms with Crippen molar-refractivity contribution in [3.63, 3.8) is 0 Å². The van der Waals surface area contributed by atoms with E-state index in [1.807, 2.05) is 0 Å². The zero-order valence-electron chi connectivity index (χ0n) is 14.4. The van der Waals surface area contributed by atoms with Crippen molar-refractivity contribution in [2.75, 3.05) is 0 Å². The third kappa shape index (κ3) is 2.24. The molecule has 1 radical (unpaired) electrons. The first-order valence-electron chi connectivity index (χ1n) is 8.60. The second-order valence-electron chi connectivity index (χ2n) is 7.14. The molecule has 0 unspecified atom stereocenters. The Bertz CT molecular complexity index is 934. The third-order valence-electron chi connectivity index (χ3n) is 5.44. The van der Waals surface area contributed by atoms with E-state index in [0.29, 0.717) is 12.5 Å². The molecule has 0 atom stereocenters. The summed E-state index contributed by atoms with van der Waals surface area (Å²) in [5, 5.41) is 8.26. The average Bonchev–Trinajstić information content (AvgIpc) is 2.57. The molecule has 0 saturated carbocycles. The fourth-order valence-electron chi connectivity index (χ4n) is 3.70. The van der Waals surface area contributed by atoms with Crippen LogP contribution >= 0.6 is 0 Å². The molecule has 0 aliphatic carbocycles. The summed E-state index contributed by atoms with van der Waals surface area (Å²) in [6.07, 6.45) is 0. The lowest BCUT2D eigenvalue weighted by atomic mass is 9.40. The average molecular weight is 295 g/mol. The van der Waals surface area contributed by atoms with Crippen LogP contribution in [0.25, 0.3) is 32.3 Å². The normalized spacial score (nSPS) is 11.9. The predicted octanol–water partition coefficient (Wildman–Crippen LogP) is 4.70. The lowest BCUT2D eigenvalue weighted by molar-refractivity contribution is 1.05. The number of benzene rings is 4. The van der Waals surface area contributed by atoms with Gasteiger partial charge in [-0.05, 0) is 32.3 Å². The van der Waals surface area contributed by atoms with Crippen LogP contribution in [0.5, 0.6) is 0 Å². The Labute approximate surface area is 139 Å². The van der Waals surface area contributed by atoms with Crippen LogP contribution in [0.2, 0.25) is 19.5 Å². The fourth-order valence-corrected chi connectivity index (χ4v) is 3.70. The van der Waals surface area contributed by atoms with Crippen molar-refractivity contribution in [3.05, 3.63) is 48.5 Å². The Morgan fingerprint density at radius 3 is 1.61 bits per heavy atom.